The minimum atomic E-state index is 0.0623. The van der Waals surface area contributed by atoms with E-state index in [4.69, 9.17) is 4.74 Å². The van der Waals surface area contributed by atoms with E-state index in [1.54, 1.807) is 7.11 Å². The Morgan fingerprint density at radius 2 is 1.66 bits per heavy atom. The molecule has 0 aliphatic carbocycles. The minimum Gasteiger partial charge on any atom is -0.495 e. The first-order chi connectivity index (χ1) is 14.1. The zero-order chi connectivity index (χ0) is 20.4. The Bertz CT molecular complexity index is 919. The fourth-order valence-corrected chi connectivity index (χ4v) is 4.30. The summed E-state index contributed by atoms with van der Waals surface area (Å²) >= 11 is 0. The standard InChI is InChI=1S/C23H27N3O3/c1-3-22(27)26-12-11-17-18(7-6-9-19(17)26)23(28)25-15-13-24(14-16-25)20-8-4-5-10-21(20)29-2/h4-10H,3,11-16H2,1-2H3. The summed E-state index contributed by atoms with van der Waals surface area (Å²) in [7, 11) is 1.68. The average molecular weight is 393 g/mol. The van der Waals surface area contributed by atoms with Crippen molar-refractivity contribution in [1.29, 1.82) is 0 Å². The third-order valence-electron chi connectivity index (χ3n) is 5.85. The van der Waals surface area contributed by atoms with Crippen LogP contribution in [0.4, 0.5) is 11.4 Å². The lowest BCUT2D eigenvalue weighted by molar-refractivity contribution is -0.118. The Morgan fingerprint density at radius 1 is 0.931 bits per heavy atom. The minimum absolute atomic E-state index is 0.0623. The van der Waals surface area contributed by atoms with Crippen molar-refractivity contribution in [2.45, 2.75) is 19.8 Å². The monoisotopic (exact) mass is 393 g/mol. The van der Waals surface area contributed by atoms with Gasteiger partial charge in [0, 0.05) is 50.4 Å². The smallest absolute Gasteiger partial charge is 0.254 e. The van der Waals surface area contributed by atoms with Crippen LogP contribution in [0.25, 0.3) is 0 Å². The van der Waals surface area contributed by atoms with Gasteiger partial charge in [0.05, 0.1) is 12.8 Å². The number of piperazine rings is 1. The summed E-state index contributed by atoms with van der Waals surface area (Å²) in [5.74, 6) is 1.03. The first kappa shape index (κ1) is 19.3. The van der Waals surface area contributed by atoms with Crippen molar-refractivity contribution >= 4 is 23.2 Å². The van der Waals surface area contributed by atoms with Gasteiger partial charge < -0.3 is 19.4 Å². The molecule has 0 radical (unpaired) electrons. The summed E-state index contributed by atoms with van der Waals surface area (Å²) in [5.41, 5.74) is 3.71. The van der Waals surface area contributed by atoms with Crippen molar-refractivity contribution in [1.82, 2.24) is 4.90 Å². The fraction of sp³-hybridized carbons (Fsp3) is 0.391. The van der Waals surface area contributed by atoms with Crippen LogP contribution in [0.5, 0.6) is 5.75 Å². The summed E-state index contributed by atoms with van der Waals surface area (Å²) in [5, 5.41) is 0. The maximum absolute atomic E-state index is 13.3. The maximum Gasteiger partial charge on any atom is 0.254 e. The molecule has 6 heteroatoms. The molecule has 6 nitrogen and oxygen atoms in total. The number of amides is 2. The molecule has 2 aromatic carbocycles. The number of hydrogen-bond donors (Lipinski definition) is 0. The lowest BCUT2D eigenvalue weighted by Crippen LogP contribution is -2.49. The van der Waals surface area contributed by atoms with Gasteiger partial charge in [0.15, 0.2) is 0 Å². The lowest BCUT2D eigenvalue weighted by Gasteiger charge is -2.36. The van der Waals surface area contributed by atoms with Gasteiger partial charge >= 0.3 is 0 Å². The van der Waals surface area contributed by atoms with E-state index in [0.29, 0.717) is 26.1 Å². The number of para-hydroxylation sites is 2. The molecule has 2 heterocycles. The van der Waals surface area contributed by atoms with Gasteiger partial charge in [-0.05, 0) is 36.2 Å². The number of carbonyl (C=O) groups is 2. The SMILES string of the molecule is CCC(=O)N1CCc2c(C(=O)N3CCN(c4ccccc4OC)CC3)cccc21. The second-order valence-corrected chi connectivity index (χ2v) is 7.40. The van der Waals surface area contributed by atoms with Crippen molar-refractivity contribution in [3.8, 4) is 5.75 Å². The van der Waals surface area contributed by atoms with Gasteiger partial charge in [0.1, 0.15) is 5.75 Å². The third kappa shape index (κ3) is 3.55. The molecule has 4 rings (SSSR count). The Balaban J connectivity index is 1.49. The summed E-state index contributed by atoms with van der Waals surface area (Å²) < 4.78 is 5.48. The maximum atomic E-state index is 13.3. The van der Waals surface area contributed by atoms with Crippen molar-refractivity contribution in [3.05, 3.63) is 53.6 Å². The van der Waals surface area contributed by atoms with Crippen LogP contribution in [-0.4, -0.2) is 56.5 Å². The Labute approximate surface area is 171 Å². The molecule has 152 valence electrons. The number of carbonyl (C=O) groups excluding carboxylic acids is 2. The topological polar surface area (TPSA) is 53.1 Å². The Morgan fingerprint density at radius 3 is 2.38 bits per heavy atom. The zero-order valence-corrected chi connectivity index (χ0v) is 17.1. The lowest BCUT2D eigenvalue weighted by atomic mass is 10.0. The zero-order valence-electron chi connectivity index (χ0n) is 17.1. The molecule has 2 amide bonds. The van der Waals surface area contributed by atoms with Crippen LogP contribution in [0.15, 0.2) is 42.5 Å². The average Bonchev–Trinajstić information content (AvgIpc) is 3.22. The van der Waals surface area contributed by atoms with Crippen LogP contribution in [0.1, 0.15) is 29.3 Å². The van der Waals surface area contributed by atoms with Crippen LogP contribution in [0, 0.1) is 0 Å². The second-order valence-electron chi connectivity index (χ2n) is 7.40. The molecule has 0 atom stereocenters. The number of nitrogens with zero attached hydrogens (tertiary/aromatic N) is 3. The highest BCUT2D eigenvalue weighted by molar-refractivity contribution is 6.01. The predicted molar refractivity (Wildman–Crippen MR) is 114 cm³/mol. The van der Waals surface area contributed by atoms with Gasteiger partial charge in [-0.1, -0.05) is 25.1 Å². The molecule has 0 bridgehead atoms. The van der Waals surface area contributed by atoms with Gasteiger partial charge in [-0.2, -0.15) is 0 Å². The normalized spacial score (nSPS) is 16.0. The summed E-state index contributed by atoms with van der Waals surface area (Å²) in [6.07, 6.45) is 1.21. The molecule has 2 aromatic rings. The third-order valence-corrected chi connectivity index (χ3v) is 5.85. The summed E-state index contributed by atoms with van der Waals surface area (Å²) in [6, 6.07) is 13.7. The van der Waals surface area contributed by atoms with Crippen LogP contribution in [0.2, 0.25) is 0 Å². The van der Waals surface area contributed by atoms with Gasteiger partial charge in [-0.3, -0.25) is 9.59 Å². The van der Waals surface area contributed by atoms with Crippen molar-refractivity contribution < 1.29 is 14.3 Å². The number of hydrogen-bond acceptors (Lipinski definition) is 4. The van der Waals surface area contributed by atoms with Gasteiger partial charge in [-0.15, -0.1) is 0 Å². The molecule has 2 aliphatic rings. The van der Waals surface area contributed by atoms with E-state index in [1.165, 1.54) is 0 Å². The number of methoxy groups -OCH3 is 1. The largest absolute Gasteiger partial charge is 0.495 e. The fourth-order valence-electron chi connectivity index (χ4n) is 4.30. The molecule has 0 N–H and O–H groups in total. The molecule has 0 unspecified atom stereocenters. The number of rotatable bonds is 4. The number of ether oxygens (including phenoxy) is 1. The molecular weight excluding hydrogens is 366 g/mol. The summed E-state index contributed by atoms with van der Waals surface area (Å²) in [6.45, 7) is 5.39. The highest BCUT2D eigenvalue weighted by Crippen LogP contribution is 2.33. The van der Waals surface area contributed by atoms with Crippen LogP contribution >= 0.6 is 0 Å². The Hall–Kier alpha value is -3.02. The molecule has 1 saturated heterocycles. The van der Waals surface area contributed by atoms with E-state index >= 15 is 0 Å². The number of anilines is 2. The summed E-state index contributed by atoms with van der Waals surface area (Å²) in [4.78, 5) is 31.4. The molecular formula is C23H27N3O3. The van der Waals surface area contributed by atoms with E-state index < -0.39 is 0 Å². The highest BCUT2D eigenvalue weighted by Gasteiger charge is 2.30. The number of fused-ring (bicyclic) bond motifs is 1. The van der Waals surface area contributed by atoms with Crippen molar-refractivity contribution in [3.63, 3.8) is 0 Å². The number of benzene rings is 2. The molecule has 1 fully saturated rings. The van der Waals surface area contributed by atoms with Gasteiger partial charge in [-0.25, -0.2) is 0 Å². The molecule has 29 heavy (non-hydrogen) atoms. The first-order valence-electron chi connectivity index (χ1n) is 10.2. The van der Waals surface area contributed by atoms with E-state index in [-0.39, 0.29) is 11.8 Å². The Kier molecular flexibility index (Phi) is 5.43. The predicted octanol–water partition coefficient (Wildman–Crippen LogP) is 2.96. The van der Waals surface area contributed by atoms with Crippen LogP contribution < -0.4 is 14.5 Å². The quantitative estimate of drug-likeness (QED) is 0.802. The van der Waals surface area contributed by atoms with Crippen molar-refractivity contribution in [2.75, 3.05) is 49.6 Å². The first-order valence-corrected chi connectivity index (χ1v) is 10.2. The van der Waals surface area contributed by atoms with E-state index in [9.17, 15) is 9.59 Å². The molecule has 0 spiro atoms. The van der Waals surface area contributed by atoms with E-state index in [0.717, 1.165) is 47.8 Å². The molecule has 2 aliphatic heterocycles. The van der Waals surface area contributed by atoms with Crippen molar-refractivity contribution in [2.24, 2.45) is 0 Å². The van der Waals surface area contributed by atoms with Crippen LogP contribution in [-0.2, 0) is 11.2 Å². The van der Waals surface area contributed by atoms with Gasteiger partial charge in [0.25, 0.3) is 5.91 Å². The van der Waals surface area contributed by atoms with E-state index in [2.05, 4.69) is 11.0 Å². The van der Waals surface area contributed by atoms with Gasteiger partial charge in [0.2, 0.25) is 5.91 Å². The second kappa shape index (κ2) is 8.15. The van der Waals surface area contributed by atoms with Crippen LogP contribution in [0.3, 0.4) is 0 Å². The molecule has 0 aromatic heterocycles. The van der Waals surface area contributed by atoms with E-state index in [1.807, 2.05) is 53.1 Å². The highest BCUT2D eigenvalue weighted by atomic mass is 16.5. The molecule has 0 saturated carbocycles.